The van der Waals surface area contributed by atoms with Crippen LogP contribution in [0.15, 0.2) is 6.20 Å². The molecule has 1 rings (SSSR count). The molecule has 1 atom stereocenters. The molecule has 6 heteroatoms. The van der Waals surface area contributed by atoms with Crippen molar-refractivity contribution in [1.82, 2.24) is 9.97 Å². The number of rotatable bonds is 6. The number of halogens is 2. The molecule has 16 heavy (non-hydrogen) atoms. The lowest BCUT2D eigenvalue weighted by atomic mass is 10.0. The van der Waals surface area contributed by atoms with E-state index in [1.54, 1.807) is 0 Å². The van der Waals surface area contributed by atoms with E-state index in [1.165, 1.54) is 0 Å². The smallest absolute Gasteiger partial charge is 0.224 e. The minimum Gasteiger partial charge on any atom is -0.396 e. The number of aromatic nitrogens is 2. The quantitative estimate of drug-likeness (QED) is 0.756. The van der Waals surface area contributed by atoms with Gasteiger partial charge in [-0.15, -0.1) is 0 Å². The van der Waals surface area contributed by atoms with Gasteiger partial charge in [-0.1, -0.05) is 13.3 Å². The van der Waals surface area contributed by atoms with Crippen molar-refractivity contribution in [3.05, 3.63) is 17.3 Å². The molecular weight excluding hydrogens is 233 g/mol. The van der Waals surface area contributed by atoms with Gasteiger partial charge in [0.15, 0.2) is 11.6 Å². The molecule has 0 amide bonds. The third-order valence-electron chi connectivity index (χ3n) is 2.39. The minimum atomic E-state index is -0.525. The summed E-state index contributed by atoms with van der Waals surface area (Å²) in [5.41, 5.74) is 0. The Morgan fingerprint density at radius 2 is 2.38 bits per heavy atom. The minimum absolute atomic E-state index is 0.0131. The largest absolute Gasteiger partial charge is 0.396 e. The molecule has 0 aliphatic carbocycles. The third-order valence-corrected chi connectivity index (χ3v) is 2.57. The summed E-state index contributed by atoms with van der Waals surface area (Å²) in [5.74, 6) is -0.127. The first-order valence-corrected chi connectivity index (χ1v) is 5.58. The summed E-state index contributed by atoms with van der Waals surface area (Å²) in [6.07, 6.45) is 2.63. The van der Waals surface area contributed by atoms with Crippen molar-refractivity contribution in [2.45, 2.75) is 19.8 Å². The standard InChI is InChI=1S/C10H15ClFN3O/c1-2-7(3-4-16)5-13-9-8(12)6-14-10(11)15-9/h6-7,16H,2-5H2,1H3,(H,13,14,15). The van der Waals surface area contributed by atoms with Gasteiger partial charge in [-0.3, -0.25) is 0 Å². The predicted octanol–water partition coefficient (Wildman–Crippen LogP) is 2.09. The molecule has 0 aliphatic heterocycles. The molecule has 0 bridgehead atoms. The maximum Gasteiger partial charge on any atom is 0.224 e. The number of nitrogens with zero attached hydrogens (tertiary/aromatic N) is 2. The monoisotopic (exact) mass is 247 g/mol. The van der Waals surface area contributed by atoms with E-state index >= 15 is 0 Å². The Labute approximate surface area is 98.9 Å². The Kier molecular flexibility index (Phi) is 5.42. The highest BCUT2D eigenvalue weighted by Crippen LogP contribution is 2.14. The van der Waals surface area contributed by atoms with Crippen molar-refractivity contribution in [3.63, 3.8) is 0 Å². The Bertz CT molecular complexity index is 338. The lowest BCUT2D eigenvalue weighted by molar-refractivity contribution is 0.258. The molecule has 0 radical (unpaired) electrons. The van der Waals surface area contributed by atoms with Crippen molar-refractivity contribution in [2.75, 3.05) is 18.5 Å². The van der Waals surface area contributed by atoms with Crippen LogP contribution in [0.1, 0.15) is 19.8 Å². The highest BCUT2D eigenvalue weighted by molar-refractivity contribution is 6.28. The zero-order chi connectivity index (χ0) is 12.0. The van der Waals surface area contributed by atoms with Gasteiger partial charge in [0, 0.05) is 13.2 Å². The van der Waals surface area contributed by atoms with Crippen LogP contribution >= 0.6 is 11.6 Å². The highest BCUT2D eigenvalue weighted by atomic mass is 35.5. The van der Waals surface area contributed by atoms with Crippen LogP contribution in [0.2, 0.25) is 5.28 Å². The van der Waals surface area contributed by atoms with Gasteiger partial charge in [0.2, 0.25) is 5.28 Å². The Balaban J connectivity index is 2.55. The molecule has 1 heterocycles. The average Bonchev–Trinajstić information content (AvgIpc) is 2.28. The Morgan fingerprint density at radius 3 is 3.00 bits per heavy atom. The number of anilines is 1. The third kappa shape index (κ3) is 3.90. The lowest BCUT2D eigenvalue weighted by Gasteiger charge is -2.14. The fourth-order valence-electron chi connectivity index (χ4n) is 1.34. The molecule has 1 aromatic heterocycles. The van der Waals surface area contributed by atoms with Gasteiger partial charge >= 0.3 is 0 Å². The first-order chi connectivity index (χ1) is 7.67. The number of aliphatic hydroxyl groups excluding tert-OH is 1. The second-order valence-electron chi connectivity index (χ2n) is 3.50. The first-order valence-electron chi connectivity index (χ1n) is 5.20. The lowest BCUT2D eigenvalue weighted by Crippen LogP contribution is -2.16. The second kappa shape index (κ2) is 6.60. The molecule has 0 saturated carbocycles. The topological polar surface area (TPSA) is 58.0 Å². The van der Waals surface area contributed by atoms with E-state index in [2.05, 4.69) is 15.3 Å². The summed E-state index contributed by atoms with van der Waals surface area (Å²) in [4.78, 5) is 7.27. The zero-order valence-electron chi connectivity index (χ0n) is 9.08. The maximum atomic E-state index is 13.2. The number of nitrogens with one attached hydrogen (secondary N) is 1. The van der Waals surface area contributed by atoms with Gasteiger partial charge in [0.1, 0.15) is 0 Å². The summed E-state index contributed by atoms with van der Waals surface area (Å²) in [6, 6.07) is 0. The fraction of sp³-hybridized carbons (Fsp3) is 0.600. The van der Waals surface area contributed by atoms with Gasteiger partial charge in [-0.25, -0.2) is 9.37 Å². The van der Waals surface area contributed by atoms with Gasteiger partial charge < -0.3 is 10.4 Å². The molecule has 1 aromatic rings. The zero-order valence-corrected chi connectivity index (χ0v) is 9.84. The Hall–Kier alpha value is -0.940. The van der Waals surface area contributed by atoms with Crippen molar-refractivity contribution in [2.24, 2.45) is 5.92 Å². The van der Waals surface area contributed by atoms with E-state index in [-0.39, 0.29) is 23.6 Å². The summed E-state index contributed by atoms with van der Waals surface area (Å²) in [5, 5.41) is 11.7. The molecule has 0 spiro atoms. The maximum absolute atomic E-state index is 13.2. The van der Waals surface area contributed by atoms with E-state index in [0.29, 0.717) is 13.0 Å². The van der Waals surface area contributed by atoms with Gasteiger partial charge in [0.25, 0.3) is 0 Å². The van der Waals surface area contributed by atoms with Crippen molar-refractivity contribution < 1.29 is 9.50 Å². The van der Waals surface area contributed by atoms with Crippen molar-refractivity contribution >= 4 is 17.4 Å². The first kappa shape index (κ1) is 13.1. The molecule has 2 N–H and O–H groups in total. The summed E-state index contributed by atoms with van der Waals surface area (Å²) in [6.45, 7) is 2.71. The van der Waals surface area contributed by atoms with Gasteiger partial charge in [-0.2, -0.15) is 4.98 Å². The summed E-state index contributed by atoms with van der Waals surface area (Å²) < 4.78 is 13.2. The van der Waals surface area contributed by atoms with Crippen LogP contribution < -0.4 is 5.32 Å². The number of aliphatic hydroxyl groups is 1. The van der Waals surface area contributed by atoms with E-state index in [1.807, 2.05) is 6.92 Å². The predicted molar refractivity (Wildman–Crippen MR) is 61.0 cm³/mol. The van der Waals surface area contributed by atoms with Crippen LogP contribution in [-0.4, -0.2) is 28.2 Å². The summed E-state index contributed by atoms with van der Waals surface area (Å²) in [7, 11) is 0. The normalized spacial score (nSPS) is 12.5. The molecule has 0 saturated heterocycles. The van der Waals surface area contributed by atoms with E-state index in [4.69, 9.17) is 16.7 Å². The van der Waals surface area contributed by atoms with Crippen LogP contribution in [0.3, 0.4) is 0 Å². The molecule has 0 fully saturated rings. The van der Waals surface area contributed by atoms with Crippen molar-refractivity contribution in [1.29, 1.82) is 0 Å². The summed E-state index contributed by atoms with van der Waals surface area (Å²) >= 11 is 5.56. The SMILES string of the molecule is CCC(CCO)CNc1nc(Cl)ncc1F. The molecule has 90 valence electrons. The molecule has 4 nitrogen and oxygen atoms in total. The van der Waals surface area contributed by atoms with Crippen LogP contribution in [0.5, 0.6) is 0 Å². The van der Waals surface area contributed by atoms with E-state index in [0.717, 1.165) is 12.6 Å². The molecule has 0 aromatic carbocycles. The molecule has 1 unspecified atom stereocenters. The van der Waals surface area contributed by atoms with E-state index in [9.17, 15) is 4.39 Å². The Morgan fingerprint density at radius 1 is 1.62 bits per heavy atom. The molecule has 0 aliphatic rings. The van der Waals surface area contributed by atoms with Crippen LogP contribution in [0.4, 0.5) is 10.2 Å². The van der Waals surface area contributed by atoms with Gasteiger partial charge in [-0.05, 0) is 23.9 Å². The van der Waals surface area contributed by atoms with Crippen molar-refractivity contribution in [3.8, 4) is 0 Å². The number of hydrogen-bond donors (Lipinski definition) is 2. The van der Waals surface area contributed by atoms with Gasteiger partial charge in [0.05, 0.1) is 6.20 Å². The number of hydrogen-bond acceptors (Lipinski definition) is 4. The average molecular weight is 248 g/mol. The van der Waals surface area contributed by atoms with Crippen LogP contribution in [0.25, 0.3) is 0 Å². The van der Waals surface area contributed by atoms with Crippen LogP contribution in [0, 0.1) is 11.7 Å². The van der Waals surface area contributed by atoms with E-state index < -0.39 is 5.82 Å². The molecular formula is C10H15ClFN3O. The fourth-order valence-corrected chi connectivity index (χ4v) is 1.48. The highest BCUT2D eigenvalue weighted by Gasteiger charge is 2.09. The second-order valence-corrected chi connectivity index (χ2v) is 3.84. The van der Waals surface area contributed by atoms with Crippen LogP contribution in [-0.2, 0) is 0 Å².